The maximum Gasteiger partial charge on any atom is 0.0487 e. The summed E-state index contributed by atoms with van der Waals surface area (Å²) in [5.74, 6) is 0. The molecule has 5 aromatic carbocycles. The van der Waals surface area contributed by atoms with Crippen molar-refractivity contribution in [2.45, 2.75) is 0 Å². The lowest BCUT2D eigenvalue weighted by Gasteiger charge is -2.25. The van der Waals surface area contributed by atoms with Gasteiger partial charge in [-0.1, -0.05) is 91.0 Å². The van der Waals surface area contributed by atoms with Crippen LogP contribution in [0, 0.1) is 0 Å². The third-order valence-corrected chi connectivity index (χ3v) is 7.46. The predicted octanol–water partition coefficient (Wildman–Crippen LogP) is 9.16. The van der Waals surface area contributed by atoms with E-state index in [1.165, 1.54) is 53.8 Å². The van der Waals surface area contributed by atoms with Crippen molar-refractivity contribution in [3.05, 3.63) is 121 Å². The number of nitrogens with zero attached hydrogens (tertiary/aromatic N) is 1. The number of hydrogen-bond acceptors (Lipinski definition) is 2. The van der Waals surface area contributed by atoms with Crippen molar-refractivity contribution in [2.75, 3.05) is 11.9 Å². The van der Waals surface area contributed by atoms with Crippen molar-refractivity contribution in [3.63, 3.8) is 0 Å². The Bertz CT molecular complexity index is 1580. The second-order valence-electron chi connectivity index (χ2n) is 8.27. The minimum Gasteiger partial charge on any atom is -0.344 e. The van der Waals surface area contributed by atoms with E-state index in [0.717, 1.165) is 0 Å². The standard InChI is InChI=1S/C31H23NS/c1-32(28-16-8-5-13-24(28)22-11-3-2-4-12-22)29-17-9-6-14-25(29)23-19-20-31-27(21-23)26-15-7-10-18-30(26)33-31/h2-21H,1H3. The zero-order valence-corrected chi connectivity index (χ0v) is 19.2. The van der Waals surface area contributed by atoms with E-state index in [2.05, 4.69) is 133 Å². The van der Waals surface area contributed by atoms with Gasteiger partial charge in [0.1, 0.15) is 0 Å². The van der Waals surface area contributed by atoms with Crippen molar-refractivity contribution in [2.24, 2.45) is 0 Å². The Balaban J connectivity index is 1.49. The predicted molar refractivity (Wildman–Crippen MR) is 145 cm³/mol. The molecule has 0 atom stereocenters. The Hall–Kier alpha value is -3.88. The molecule has 6 rings (SSSR count). The Morgan fingerprint density at radius 3 is 1.82 bits per heavy atom. The van der Waals surface area contributed by atoms with Gasteiger partial charge in [-0.05, 0) is 41.5 Å². The monoisotopic (exact) mass is 441 g/mol. The molecule has 2 heteroatoms. The summed E-state index contributed by atoms with van der Waals surface area (Å²) < 4.78 is 2.67. The first-order valence-corrected chi connectivity index (χ1v) is 12.0. The van der Waals surface area contributed by atoms with Crippen LogP contribution < -0.4 is 4.90 Å². The van der Waals surface area contributed by atoms with Crippen molar-refractivity contribution in [1.82, 2.24) is 0 Å². The highest BCUT2D eigenvalue weighted by Crippen LogP contribution is 2.41. The third kappa shape index (κ3) is 3.49. The van der Waals surface area contributed by atoms with Crippen molar-refractivity contribution in [3.8, 4) is 22.3 Å². The van der Waals surface area contributed by atoms with Crippen LogP contribution in [-0.4, -0.2) is 7.05 Å². The fourth-order valence-electron chi connectivity index (χ4n) is 4.66. The Morgan fingerprint density at radius 1 is 0.485 bits per heavy atom. The van der Waals surface area contributed by atoms with Gasteiger partial charge in [0.05, 0.1) is 0 Å². The summed E-state index contributed by atoms with van der Waals surface area (Å²) in [4.78, 5) is 2.31. The molecule has 0 aliphatic heterocycles. The summed E-state index contributed by atoms with van der Waals surface area (Å²) >= 11 is 1.86. The van der Waals surface area contributed by atoms with E-state index in [4.69, 9.17) is 0 Å². The molecule has 33 heavy (non-hydrogen) atoms. The smallest absolute Gasteiger partial charge is 0.0487 e. The normalized spacial score (nSPS) is 11.2. The number of thiophene rings is 1. The van der Waals surface area contributed by atoms with Crippen LogP contribution in [0.3, 0.4) is 0 Å². The third-order valence-electron chi connectivity index (χ3n) is 6.30. The Morgan fingerprint density at radius 2 is 1.06 bits per heavy atom. The van der Waals surface area contributed by atoms with Crippen LogP contribution >= 0.6 is 11.3 Å². The molecule has 0 radical (unpaired) electrons. The Labute approximate surface area is 198 Å². The van der Waals surface area contributed by atoms with E-state index in [1.54, 1.807) is 0 Å². The summed E-state index contributed by atoms with van der Waals surface area (Å²) in [6, 6.07) is 43.5. The van der Waals surface area contributed by atoms with Crippen LogP contribution in [0.15, 0.2) is 121 Å². The molecule has 0 saturated carbocycles. The van der Waals surface area contributed by atoms with Crippen LogP contribution in [0.1, 0.15) is 0 Å². The molecule has 0 saturated heterocycles. The topological polar surface area (TPSA) is 3.24 Å². The first kappa shape index (κ1) is 19.8. The van der Waals surface area contributed by atoms with E-state index >= 15 is 0 Å². The zero-order chi connectivity index (χ0) is 22.2. The zero-order valence-electron chi connectivity index (χ0n) is 18.4. The van der Waals surface area contributed by atoms with Gasteiger partial charge >= 0.3 is 0 Å². The fourth-order valence-corrected chi connectivity index (χ4v) is 5.75. The van der Waals surface area contributed by atoms with Gasteiger partial charge in [-0.25, -0.2) is 0 Å². The molecule has 0 fully saturated rings. The highest BCUT2D eigenvalue weighted by molar-refractivity contribution is 7.25. The molecule has 0 aliphatic rings. The number of anilines is 2. The molecule has 1 nitrogen and oxygen atoms in total. The number of benzene rings is 5. The maximum atomic E-state index is 2.35. The van der Waals surface area contributed by atoms with Gasteiger partial charge in [0.15, 0.2) is 0 Å². The summed E-state index contributed by atoms with van der Waals surface area (Å²) in [7, 11) is 2.17. The largest absolute Gasteiger partial charge is 0.344 e. The van der Waals surface area contributed by atoms with Crippen LogP contribution in [0.2, 0.25) is 0 Å². The van der Waals surface area contributed by atoms with Crippen LogP contribution in [0.4, 0.5) is 11.4 Å². The summed E-state index contributed by atoms with van der Waals surface area (Å²) in [6.07, 6.45) is 0. The fraction of sp³-hybridized carbons (Fsp3) is 0.0323. The van der Waals surface area contributed by atoms with Crippen LogP contribution in [0.25, 0.3) is 42.4 Å². The molecular weight excluding hydrogens is 418 g/mol. The molecule has 1 heterocycles. The van der Waals surface area contributed by atoms with Crippen molar-refractivity contribution in [1.29, 1.82) is 0 Å². The minimum atomic E-state index is 1.19. The van der Waals surface area contributed by atoms with Gasteiger partial charge in [0, 0.05) is 49.7 Å². The minimum absolute atomic E-state index is 1.19. The van der Waals surface area contributed by atoms with E-state index < -0.39 is 0 Å². The number of rotatable bonds is 4. The summed E-state index contributed by atoms with van der Waals surface area (Å²) in [6.45, 7) is 0. The van der Waals surface area contributed by atoms with E-state index in [9.17, 15) is 0 Å². The number of fused-ring (bicyclic) bond motifs is 3. The van der Waals surface area contributed by atoms with E-state index in [-0.39, 0.29) is 0 Å². The summed E-state index contributed by atoms with van der Waals surface area (Å²) in [5.41, 5.74) is 7.32. The van der Waals surface area contributed by atoms with Gasteiger partial charge in [-0.3, -0.25) is 0 Å². The summed E-state index contributed by atoms with van der Waals surface area (Å²) in [5, 5.41) is 2.66. The first-order chi connectivity index (χ1) is 16.3. The average molecular weight is 442 g/mol. The molecule has 0 bridgehead atoms. The Kier molecular flexibility index (Phi) is 4.93. The van der Waals surface area contributed by atoms with Gasteiger partial charge in [0.25, 0.3) is 0 Å². The second-order valence-corrected chi connectivity index (χ2v) is 9.35. The van der Waals surface area contributed by atoms with Gasteiger partial charge < -0.3 is 4.90 Å². The maximum absolute atomic E-state index is 2.35. The lowest BCUT2D eigenvalue weighted by molar-refractivity contribution is 1.21. The lowest BCUT2D eigenvalue weighted by atomic mass is 9.99. The highest BCUT2D eigenvalue weighted by atomic mass is 32.1. The molecule has 0 unspecified atom stereocenters. The molecule has 0 amide bonds. The molecule has 158 valence electrons. The molecule has 0 spiro atoms. The molecule has 0 aliphatic carbocycles. The van der Waals surface area contributed by atoms with E-state index in [1.807, 2.05) is 11.3 Å². The lowest BCUT2D eigenvalue weighted by Crippen LogP contribution is -2.11. The molecular formula is C31H23NS. The number of para-hydroxylation sites is 2. The van der Waals surface area contributed by atoms with Crippen molar-refractivity contribution >= 4 is 42.9 Å². The van der Waals surface area contributed by atoms with E-state index in [0.29, 0.717) is 0 Å². The van der Waals surface area contributed by atoms with Gasteiger partial charge in [-0.2, -0.15) is 0 Å². The highest BCUT2D eigenvalue weighted by Gasteiger charge is 2.15. The average Bonchev–Trinajstić information content (AvgIpc) is 3.27. The molecule has 6 aromatic rings. The van der Waals surface area contributed by atoms with Gasteiger partial charge in [-0.15, -0.1) is 11.3 Å². The van der Waals surface area contributed by atoms with Crippen LogP contribution in [0.5, 0.6) is 0 Å². The second kappa shape index (κ2) is 8.23. The van der Waals surface area contributed by atoms with Gasteiger partial charge in [0.2, 0.25) is 0 Å². The van der Waals surface area contributed by atoms with Crippen LogP contribution in [-0.2, 0) is 0 Å². The van der Waals surface area contributed by atoms with Crippen molar-refractivity contribution < 1.29 is 0 Å². The number of hydrogen-bond donors (Lipinski definition) is 0. The SMILES string of the molecule is CN(c1ccccc1-c1ccccc1)c1ccccc1-c1ccc2sc3ccccc3c2c1. The quantitative estimate of drug-likeness (QED) is 0.263. The molecule has 0 N–H and O–H groups in total. The molecule has 1 aromatic heterocycles. The first-order valence-electron chi connectivity index (χ1n) is 11.2.